The normalized spacial score (nSPS) is 13.8. The van der Waals surface area contributed by atoms with Crippen LogP contribution in [0, 0.1) is 0 Å². The fourth-order valence-electron chi connectivity index (χ4n) is 6.35. The highest BCUT2D eigenvalue weighted by Gasteiger charge is 2.39. The summed E-state index contributed by atoms with van der Waals surface area (Å²) in [5.41, 5.74) is 2.82. The molecular formula is C37H56N2. The molecular weight excluding hydrogens is 472 g/mol. The van der Waals surface area contributed by atoms with Crippen molar-refractivity contribution >= 4 is 0 Å². The van der Waals surface area contributed by atoms with E-state index in [0.717, 1.165) is 13.0 Å². The van der Waals surface area contributed by atoms with Gasteiger partial charge in [-0.15, -0.1) is 0 Å². The van der Waals surface area contributed by atoms with E-state index in [2.05, 4.69) is 92.2 Å². The van der Waals surface area contributed by atoms with E-state index in [1.165, 1.54) is 113 Å². The summed E-state index contributed by atoms with van der Waals surface area (Å²) < 4.78 is 2.49. The zero-order chi connectivity index (χ0) is 27.6. The summed E-state index contributed by atoms with van der Waals surface area (Å²) in [4.78, 5) is 5.04. The third kappa shape index (κ3) is 10.3. The zero-order valence-corrected chi connectivity index (χ0v) is 25.4. The smallest absolute Gasteiger partial charge is 0.112 e. The van der Waals surface area contributed by atoms with Gasteiger partial charge < -0.3 is 4.57 Å². The molecule has 0 aliphatic carbocycles. The maximum absolute atomic E-state index is 5.04. The lowest BCUT2D eigenvalue weighted by Gasteiger charge is -2.39. The molecule has 214 valence electrons. The predicted molar refractivity (Wildman–Crippen MR) is 170 cm³/mol. The van der Waals surface area contributed by atoms with Gasteiger partial charge in [0.25, 0.3) is 0 Å². The van der Waals surface area contributed by atoms with E-state index in [4.69, 9.17) is 4.98 Å². The molecule has 2 unspecified atom stereocenters. The van der Waals surface area contributed by atoms with Crippen LogP contribution in [0.25, 0.3) is 0 Å². The summed E-state index contributed by atoms with van der Waals surface area (Å²) in [6, 6.07) is 22.3. The van der Waals surface area contributed by atoms with E-state index in [9.17, 15) is 0 Å². The van der Waals surface area contributed by atoms with Crippen LogP contribution >= 0.6 is 0 Å². The number of unbranched alkanes of at least 4 members (excludes halogenated alkanes) is 12. The van der Waals surface area contributed by atoms with Crippen LogP contribution in [-0.4, -0.2) is 9.55 Å². The van der Waals surface area contributed by atoms with Gasteiger partial charge in [0.1, 0.15) is 5.82 Å². The number of hydrogen-bond acceptors (Lipinski definition) is 1. The zero-order valence-electron chi connectivity index (χ0n) is 25.4. The third-order valence-electron chi connectivity index (χ3n) is 8.77. The molecule has 0 saturated carbocycles. The second-order valence-corrected chi connectivity index (χ2v) is 12.0. The second-order valence-electron chi connectivity index (χ2n) is 12.0. The van der Waals surface area contributed by atoms with E-state index < -0.39 is 0 Å². The number of imidazole rings is 1. The maximum Gasteiger partial charge on any atom is 0.112 e. The van der Waals surface area contributed by atoms with E-state index in [-0.39, 0.29) is 5.41 Å². The van der Waals surface area contributed by atoms with Crippen LogP contribution in [0.5, 0.6) is 0 Å². The first-order valence-corrected chi connectivity index (χ1v) is 16.3. The van der Waals surface area contributed by atoms with Crippen molar-refractivity contribution in [1.29, 1.82) is 0 Å². The van der Waals surface area contributed by atoms with Crippen molar-refractivity contribution in [3.8, 4) is 0 Å². The Morgan fingerprint density at radius 1 is 0.667 bits per heavy atom. The van der Waals surface area contributed by atoms with Gasteiger partial charge in [0, 0.05) is 30.3 Å². The molecule has 0 saturated heterocycles. The van der Waals surface area contributed by atoms with Gasteiger partial charge in [-0.1, -0.05) is 165 Å². The number of rotatable bonds is 21. The number of aryl methyl sites for hydroxylation is 1. The fraction of sp³-hybridized carbons (Fsp3) is 0.595. The van der Waals surface area contributed by atoms with Crippen molar-refractivity contribution in [3.05, 3.63) is 90.0 Å². The van der Waals surface area contributed by atoms with Crippen LogP contribution < -0.4 is 0 Å². The van der Waals surface area contributed by atoms with Gasteiger partial charge in [-0.05, 0) is 30.4 Å². The molecule has 0 bridgehead atoms. The third-order valence-corrected chi connectivity index (χ3v) is 8.77. The van der Waals surface area contributed by atoms with Gasteiger partial charge in [0.15, 0.2) is 0 Å². The molecule has 0 aliphatic rings. The monoisotopic (exact) mass is 528 g/mol. The van der Waals surface area contributed by atoms with Crippen molar-refractivity contribution in [2.75, 3.05) is 0 Å². The van der Waals surface area contributed by atoms with E-state index >= 15 is 0 Å². The molecule has 3 rings (SSSR count). The fourth-order valence-corrected chi connectivity index (χ4v) is 6.35. The number of hydrogen-bond donors (Lipinski definition) is 0. The van der Waals surface area contributed by atoms with Crippen LogP contribution in [0.3, 0.4) is 0 Å². The van der Waals surface area contributed by atoms with E-state index in [1.807, 2.05) is 6.20 Å². The highest BCUT2D eigenvalue weighted by Crippen LogP contribution is 2.44. The Hall–Kier alpha value is -2.35. The minimum Gasteiger partial charge on any atom is -0.335 e. The Bertz CT molecular complexity index is 993. The lowest BCUT2D eigenvalue weighted by Crippen LogP contribution is -2.35. The van der Waals surface area contributed by atoms with Gasteiger partial charge in [-0.3, -0.25) is 0 Å². The molecule has 2 heteroatoms. The predicted octanol–water partition coefficient (Wildman–Crippen LogP) is 11.1. The van der Waals surface area contributed by atoms with Crippen LogP contribution in [0.2, 0.25) is 0 Å². The van der Waals surface area contributed by atoms with Crippen molar-refractivity contribution in [1.82, 2.24) is 9.55 Å². The topological polar surface area (TPSA) is 17.8 Å². The van der Waals surface area contributed by atoms with E-state index in [1.54, 1.807) is 0 Å². The first-order chi connectivity index (χ1) is 19.2. The van der Waals surface area contributed by atoms with E-state index in [0.29, 0.717) is 5.92 Å². The minimum atomic E-state index is -0.0164. The van der Waals surface area contributed by atoms with Gasteiger partial charge >= 0.3 is 0 Å². The number of nitrogens with zero attached hydrogens (tertiary/aromatic N) is 2. The Morgan fingerprint density at radius 2 is 1.21 bits per heavy atom. The van der Waals surface area contributed by atoms with Gasteiger partial charge in [0.2, 0.25) is 0 Å². The average Bonchev–Trinajstić information content (AvgIpc) is 3.43. The highest BCUT2D eigenvalue weighted by atomic mass is 15.1. The minimum absolute atomic E-state index is 0.0164. The van der Waals surface area contributed by atoms with Crippen LogP contribution in [-0.2, 0) is 18.4 Å². The molecule has 0 N–H and O–H groups in total. The molecule has 3 aromatic rings. The molecule has 0 aliphatic heterocycles. The SMILES string of the molecule is CCCCCCCCCCCCCCn1ccnc1C(CCCC)C(C)(Cc1ccccc1)c1ccccc1. The highest BCUT2D eigenvalue weighted by molar-refractivity contribution is 5.33. The molecule has 2 nitrogen and oxygen atoms in total. The molecule has 0 spiro atoms. The largest absolute Gasteiger partial charge is 0.335 e. The summed E-state index contributed by atoms with van der Waals surface area (Å²) in [6.07, 6.45) is 25.6. The molecule has 2 atom stereocenters. The summed E-state index contributed by atoms with van der Waals surface area (Å²) >= 11 is 0. The molecule has 1 aromatic heterocycles. The molecule has 0 amide bonds. The van der Waals surface area contributed by atoms with Crippen LogP contribution in [0.1, 0.15) is 140 Å². The number of aromatic nitrogens is 2. The Morgan fingerprint density at radius 3 is 1.79 bits per heavy atom. The van der Waals surface area contributed by atoms with Crippen LogP contribution in [0.15, 0.2) is 73.1 Å². The second kappa shape index (κ2) is 18.1. The standard InChI is InChI=1S/C37H56N2/c1-4-6-8-9-10-11-12-13-14-15-16-23-30-39-31-29-38-36(39)35(28-7-5-2)37(3,34-26-21-18-22-27-34)32-33-24-19-17-20-25-33/h17-22,24-27,29,31,35H,4-16,23,28,30,32H2,1-3H3. The molecule has 2 aromatic carbocycles. The Balaban J connectivity index is 1.61. The van der Waals surface area contributed by atoms with Crippen molar-refractivity contribution in [2.45, 2.75) is 141 Å². The molecule has 1 heterocycles. The quantitative estimate of drug-likeness (QED) is 0.126. The Labute approximate surface area is 240 Å². The summed E-state index contributed by atoms with van der Waals surface area (Å²) in [5, 5.41) is 0. The van der Waals surface area contributed by atoms with Crippen LogP contribution in [0.4, 0.5) is 0 Å². The van der Waals surface area contributed by atoms with Gasteiger partial charge in [-0.25, -0.2) is 4.98 Å². The Kier molecular flexibility index (Phi) is 14.5. The summed E-state index contributed by atoms with van der Waals surface area (Å²) in [7, 11) is 0. The van der Waals surface area contributed by atoms with Crippen molar-refractivity contribution in [2.24, 2.45) is 0 Å². The van der Waals surface area contributed by atoms with Gasteiger partial charge in [0.05, 0.1) is 0 Å². The average molecular weight is 529 g/mol. The summed E-state index contributed by atoms with van der Waals surface area (Å²) in [5.74, 6) is 1.67. The van der Waals surface area contributed by atoms with Gasteiger partial charge in [-0.2, -0.15) is 0 Å². The molecule has 0 radical (unpaired) electrons. The first kappa shape index (κ1) is 31.2. The lowest BCUT2D eigenvalue weighted by atomic mass is 9.66. The summed E-state index contributed by atoms with van der Waals surface area (Å²) in [6.45, 7) is 8.18. The lowest BCUT2D eigenvalue weighted by molar-refractivity contribution is 0.324. The molecule has 39 heavy (non-hydrogen) atoms. The van der Waals surface area contributed by atoms with Crippen molar-refractivity contribution < 1.29 is 0 Å². The first-order valence-electron chi connectivity index (χ1n) is 16.3. The van der Waals surface area contributed by atoms with Crippen molar-refractivity contribution in [3.63, 3.8) is 0 Å². The number of benzene rings is 2. The molecule has 0 fully saturated rings. The maximum atomic E-state index is 5.04.